The Kier molecular flexibility index (Phi) is 1.52. The Bertz CT molecular complexity index is 343. The fourth-order valence-electron chi connectivity index (χ4n) is 2.58. The van der Waals surface area contributed by atoms with Gasteiger partial charge in [0.2, 0.25) is 0 Å². The summed E-state index contributed by atoms with van der Waals surface area (Å²) in [5.74, 6) is 0.695. The fourth-order valence-corrected chi connectivity index (χ4v) is 3.46. The zero-order valence-corrected chi connectivity index (χ0v) is 8.49. The first-order valence-corrected chi connectivity index (χ1v) is 5.89. The van der Waals surface area contributed by atoms with Crippen molar-refractivity contribution in [1.82, 2.24) is 5.32 Å². The lowest BCUT2D eigenvalue weighted by molar-refractivity contribution is 0.305. The summed E-state index contributed by atoms with van der Waals surface area (Å²) in [4.78, 5) is 1.43. The van der Waals surface area contributed by atoms with E-state index >= 15 is 0 Å². The van der Waals surface area contributed by atoms with Crippen LogP contribution in [0.25, 0.3) is 0 Å². The van der Waals surface area contributed by atoms with Crippen LogP contribution in [0.3, 0.4) is 0 Å². The van der Waals surface area contributed by atoms with Crippen molar-refractivity contribution in [3.8, 4) is 0 Å². The molecule has 3 rings (SSSR count). The molecular formula is C11H15NS. The molecule has 1 atom stereocenters. The van der Waals surface area contributed by atoms with Crippen LogP contribution in [0, 0.1) is 5.41 Å². The molecule has 1 spiro atoms. The Morgan fingerprint density at radius 2 is 2.46 bits per heavy atom. The minimum absolute atomic E-state index is 0.628. The zero-order valence-electron chi connectivity index (χ0n) is 8.68. The molecule has 2 heteroatoms. The van der Waals surface area contributed by atoms with Crippen LogP contribution in [0.1, 0.15) is 31.4 Å². The van der Waals surface area contributed by atoms with E-state index in [4.69, 9.17) is 1.37 Å². The van der Waals surface area contributed by atoms with Gasteiger partial charge in [-0.05, 0) is 42.6 Å². The molecule has 1 aromatic rings. The standard InChI is InChI=1S/C11H15NS/c1-2-10(13-7-1)9-8-12-6-5-11(9)3-4-11/h1-2,7,9,12H,3-6,8H2/i7D. The van der Waals surface area contributed by atoms with Gasteiger partial charge in [-0.15, -0.1) is 11.3 Å². The highest BCUT2D eigenvalue weighted by molar-refractivity contribution is 7.10. The smallest absolute Gasteiger partial charge is 0.0740 e. The maximum absolute atomic E-state index is 7.58. The molecule has 13 heavy (non-hydrogen) atoms. The van der Waals surface area contributed by atoms with E-state index in [1.54, 1.807) is 11.3 Å². The Morgan fingerprint density at radius 1 is 1.54 bits per heavy atom. The van der Waals surface area contributed by atoms with Crippen molar-refractivity contribution in [1.29, 1.82) is 0 Å². The van der Waals surface area contributed by atoms with Crippen LogP contribution in [-0.2, 0) is 0 Å². The fraction of sp³-hybridized carbons (Fsp3) is 0.636. The van der Waals surface area contributed by atoms with Crippen LogP contribution in [0.15, 0.2) is 17.5 Å². The van der Waals surface area contributed by atoms with E-state index in [-0.39, 0.29) is 0 Å². The average Bonchev–Trinajstić information content (AvgIpc) is 2.80. The number of piperidine rings is 1. The van der Waals surface area contributed by atoms with E-state index in [0.717, 1.165) is 6.54 Å². The van der Waals surface area contributed by atoms with Gasteiger partial charge in [0, 0.05) is 17.3 Å². The first-order valence-electron chi connectivity index (χ1n) is 5.57. The quantitative estimate of drug-likeness (QED) is 0.724. The van der Waals surface area contributed by atoms with Crippen molar-refractivity contribution in [3.05, 3.63) is 22.4 Å². The molecular weight excluding hydrogens is 178 g/mol. The molecule has 1 aromatic heterocycles. The minimum Gasteiger partial charge on any atom is -0.316 e. The normalized spacial score (nSPS) is 31.7. The van der Waals surface area contributed by atoms with Crippen LogP contribution >= 0.6 is 11.3 Å². The number of rotatable bonds is 1. The molecule has 0 amide bonds. The Hall–Kier alpha value is -0.340. The van der Waals surface area contributed by atoms with Crippen LogP contribution in [-0.4, -0.2) is 13.1 Å². The van der Waals surface area contributed by atoms with E-state index in [9.17, 15) is 0 Å². The summed E-state index contributed by atoms with van der Waals surface area (Å²) in [7, 11) is 0. The average molecular weight is 194 g/mol. The molecule has 70 valence electrons. The maximum atomic E-state index is 7.58. The molecule has 1 aliphatic heterocycles. The van der Waals surface area contributed by atoms with E-state index in [1.165, 1.54) is 30.7 Å². The molecule has 1 nitrogen and oxygen atoms in total. The van der Waals surface area contributed by atoms with Crippen molar-refractivity contribution < 1.29 is 1.37 Å². The summed E-state index contributed by atoms with van der Waals surface area (Å²) in [5, 5.41) is 4.19. The SMILES string of the molecule is [2H]c1ccc(C2CNCCC23CC3)s1. The third-order valence-corrected chi connectivity index (χ3v) is 4.53. The van der Waals surface area contributed by atoms with Crippen molar-refractivity contribution in [2.45, 2.75) is 25.2 Å². The van der Waals surface area contributed by atoms with Gasteiger partial charge < -0.3 is 5.32 Å². The predicted octanol–water partition coefficient (Wildman–Crippen LogP) is 2.61. The van der Waals surface area contributed by atoms with Gasteiger partial charge in [0.05, 0.1) is 1.37 Å². The van der Waals surface area contributed by atoms with Crippen molar-refractivity contribution in [2.24, 2.45) is 5.41 Å². The number of nitrogens with one attached hydrogen (secondary N) is 1. The molecule has 0 aromatic carbocycles. The summed E-state index contributed by atoms with van der Waals surface area (Å²) in [5.41, 5.74) is 0.628. The first-order chi connectivity index (χ1) is 6.80. The Labute approximate surface area is 84.6 Å². The van der Waals surface area contributed by atoms with Gasteiger partial charge in [-0.2, -0.15) is 0 Å². The van der Waals surface area contributed by atoms with Gasteiger partial charge in [-0.1, -0.05) is 6.07 Å². The highest BCUT2D eigenvalue weighted by Crippen LogP contribution is 2.59. The zero-order chi connectivity index (χ0) is 9.60. The van der Waals surface area contributed by atoms with E-state index in [2.05, 4.69) is 11.4 Å². The molecule has 1 unspecified atom stereocenters. The largest absolute Gasteiger partial charge is 0.316 e. The Balaban J connectivity index is 1.89. The van der Waals surface area contributed by atoms with Crippen LogP contribution < -0.4 is 5.32 Å². The third kappa shape index (κ3) is 1.24. The van der Waals surface area contributed by atoms with Crippen molar-refractivity contribution >= 4 is 11.3 Å². The summed E-state index contributed by atoms with van der Waals surface area (Å²) in [6, 6.07) is 4.09. The highest BCUT2D eigenvalue weighted by Gasteiger charge is 2.50. The number of hydrogen-bond donors (Lipinski definition) is 1. The molecule has 1 saturated carbocycles. The lowest BCUT2D eigenvalue weighted by Gasteiger charge is -2.31. The molecule has 0 radical (unpaired) electrons. The second-order valence-electron chi connectivity index (χ2n) is 4.32. The summed E-state index contributed by atoms with van der Waals surface area (Å²) < 4.78 is 7.58. The predicted molar refractivity (Wildman–Crippen MR) is 56.2 cm³/mol. The molecule has 2 fully saturated rings. The first kappa shape index (κ1) is 7.02. The summed E-state index contributed by atoms with van der Waals surface area (Å²) in [6.07, 6.45) is 4.15. The van der Waals surface area contributed by atoms with Gasteiger partial charge in [0.25, 0.3) is 0 Å². The molecule has 2 heterocycles. The maximum Gasteiger partial charge on any atom is 0.0740 e. The van der Waals surface area contributed by atoms with Crippen LogP contribution in [0.2, 0.25) is 0 Å². The van der Waals surface area contributed by atoms with Gasteiger partial charge >= 0.3 is 0 Å². The second kappa shape index (κ2) is 2.82. The molecule has 2 aliphatic rings. The van der Waals surface area contributed by atoms with E-state index < -0.39 is 0 Å². The monoisotopic (exact) mass is 194 g/mol. The molecule has 0 bridgehead atoms. The second-order valence-corrected chi connectivity index (χ2v) is 5.24. The Morgan fingerprint density at radius 3 is 3.15 bits per heavy atom. The topological polar surface area (TPSA) is 12.0 Å². The molecule has 1 saturated heterocycles. The van der Waals surface area contributed by atoms with Crippen molar-refractivity contribution in [2.75, 3.05) is 13.1 Å². The minimum atomic E-state index is 0.628. The van der Waals surface area contributed by atoms with E-state index in [1.807, 2.05) is 6.07 Å². The van der Waals surface area contributed by atoms with E-state index in [0.29, 0.717) is 16.7 Å². The van der Waals surface area contributed by atoms with Gasteiger partial charge in [0.1, 0.15) is 0 Å². The molecule has 1 N–H and O–H groups in total. The van der Waals surface area contributed by atoms with Crippen LogP contribution in [0.5, 0.6) is 0 Å². The summed E-state index contributed by atoms with van der Waals surface area (Å²) >= 11 is 1.66. The van der Waals surface area contributed by atoms with Gasteiger partial charge in [-0.25, -0.2) is 0 Å². The lowest BCUT2D eigenvalue weighted by atomic mass is 9.82. The van der Waals surface area contributed by atoms with Gasteiger partial charge in [-0.3, -0.25) is 0 Å². The van der Waals surface area contributed by atoms with Crippen LogP contribution in [0.4, 0.5) is 0 Å². The number of hydrogen-bond acceptors (Lipinski definition) is 2. The third-order valence-electron chi connectivity index (χ3n) is 3.62. The molecule has 1 aliphatic carbocycles. The highest BCUT2D eigenvalue weighted by atomic mass is 32.1. The number of thiophene rings is 1. The summed E-state index contributed by atoms with van der Waals surface area (Å²) in [6.45, 7) is 2.32. The lowest BCUT2D eigenvalue weighted by Crippen LogP contribution is -2.35. The van der Waals surface area contributed by atoms with Crippen molar-refractivity contribution in [3.63, 3.8) is 0 Å². The van der Waals surface area contributed by atoms with Gasteiger partial charge in [0.15, 0.2) is 0 Å².